The quantitative estimate of drug-likeness (QED) is 0.624. The van der Waals surface area contributed by atoms with Crippen LogP contribution in [0.2, 0.25) is 0 Å². The maximum Gasteiger partial charge on any atom is 0.305 e. The number of carboxylic acids is 1. The van der Waals surface area contributed by atoms with Crippen LogP contribution in [0.25, 0.3) is 0 Å². The summed E-state index contributed by atoms with van der Waals surface area (Å²) in [5.41, 5.74) is 0. The van der Waals surface area contributed by atoms with Gasteiger partial charge in [-0.25, -0.2) is 0 Å². The molecular weight excluding hydrogens is 200 g/mol. The van der Waals surface area contributed by atoms with Crippen LogP contribution < -0.4 is 5.32 Å². The second-order valence-corrected chi connectivity index (χ2v) is 3.56. The molecule has 0 aromatic heterocycles. The number of hydrogen-bond acceptors (Lipinski definition) is 4. The molecule has 1 aliphatic heterocycles. The van der Waals surface area contributed by atoms with Crippen LogP contribution >= 0.6 is 0 Å². The summed E-state index contributed by atoms with van der Waals surface area (Å²) in [5, 5.41) is 10.9. The van der Waals surface area contributed by atoms with Gasteiger partial charge in [-0.2, -0.15) is 0 Å². The monoisotopic (exact) mass is 216 g/mol. The van der Waals surface area contributed by atoms with Crippen LogP contribution in [0.3, 0.4) is 0 Å². The van der Waals surface area contributed by atoms with Gasteiger partial charge in [0.15, 0.2) is 0 Å². The van der Waals surface area contributed by atoms with E-state index in [-0.39, 0.29) is 18.9 Å². The molecule has 0 spiro atoms. The third-order valence-corrected chi connectivity index (χ3v) is 2.20. The van der Waals surface area contributed by atoms with Gasteiger partial charge in [0.05, 0.1) is 13.0 Å². The third kappa shape index (κ3) is 4.26. The highest BCUT2D eigenvalue weighted by molar-refractivity contribution is 5.81. The first-order valence-electron chi connectivity index (χ1n) is 4.89. The Morgan fingerprint density at radius 3 is 2.93 bits per heavy atom. The van der Waals surface area contributed by atoms with Crippen LogP contribution in [0.1, 0.15) is 6.42 Å². The van der Waals surface area contributed by atoms with Gasteiger partial charge in [0, 0.05) is 19.6 Å². The first-order chi connectivity index (χ1) is 7.09. The van der Waals surface area contributed by atoms with Crippen molar-refractivity contribution in [3.63, 3.8) is 0 Å². The van der Waals surface area contributed by atoms with E-state index in [2.05, 4.69) is 5.32 Å². The Balaban J connectivity index is 2.24. The molecule has 0 unspecified atom stereocenters. The molecule has 0 aromatic carbocycles. The molecule has 15 heavy (non-hydrogen) atoms. The molecule has 1 fully saturated rings. The predicted molar refractivity (Wildman–Crippen MR) is 52.5 cm³/mol. The van der Waals surface area contributed by atoms with Crippen LogP contribution in [0.15, 0.2) is 0 Å². The lowest BCUT2D eigenvalue weighted by Crippen LogP contribution is -2.48. The Morgan fingerprint density at radius 1 is 1.60 bits per heavy atom. The molecule has 0 aromatic rings. The third-order valence-electron chi connectivity index (χ3n) is 2.20. The van der Waals surface area contributed by atoms with Crippen molar-refractivity contribution < 1.29 is 19.4 Å². The van der Waals surface area contributed by atoms with Gasteiger partial charge >= 0.3 is 5.97 Å². The summed E-state index contributed by atoms with van der Waals surface area (Å²) in [7, 11) is 1.92. The van der Waals surface area contributed by atoms with E-state index in [1.807, 2.05) is 11.9 Å². The zero-order chi connectivity index (χ0) is 11.3. The number of carbonyl (C=O) groups is 2. The average Bonchev–Trinajstić information content (AvgIpc) is 2.17. The van der Waals surface area contributed by atoms with E-state index < -0.39 is 12.1 Å². The zero-order valence-electron chi connectivity index (χ0n) is 8.73. The predicted octanol–water partition coefficient (Wildman–Crippen LogP) is -1.09. The van der Waals surface area contributed by atoms with Crippen molar-refractivity contribution in [1.29, 1.82) is 0 Å². The summed E-state index contributed by atoms with van der Waals surface area (Å²) in [6.45, 7) is 2.06. The molecule has 6 nitrogen and oxygen atoms in total. The summed E-state index contributed by atoms with van der Waals surface area (Å²) in [6.07, 6.45) is -0.536. The molecule has 1 amide bonds. The summed E-state index contributed by atoms with van der Waals surface area (Å²) in [4.78, 5) is 23.7. The molecule has 1 heterocycles. The number of rotatable bonds is 4. The minimum absolute atomic E-state index is 0.0612. The Kier molecular flexibility index (Phi) is 4.51. The van der Waals surface area contributed by atoms with Crippen LogP contribution in [0.5, 0.6) is 0 Å². The van der Waals surface area contributed by atoms with Gasteiger partial charge in [0.1, 0.15) is 6.10 Å². The second kappa shape index (κ2) is 5.67. The lowest BCUT2D eigenvalue weighted by molar-refractivity contribution is -0.139. The molecule has 1 atom stereocenters. The van der Waals surface area contributed by atoms with Crippen molar-refractivity contribution in [3.8, 4) is 0 Å². The fourth-order valence-electron chi connectivity index (χ4n) is 1.34. The first-order valence-corrected chi connectivity index (χ1v) is 4.89. The lowest BCUT2D eigenvalue weighted by Gasteiger charge is -2.28. The number of hydrogen-bond donors (Lipinski definition) is 2. The van der Waals surface area contributed by atoms with Crippen LogP contribution in [0.4, 0.5) is 0 Å². The SMILES string of the molecule is CN1CCO[C@H](C(=O)NCCC(=O)O)C1. The number of amides is 1. The van der Waals surface area contributed by atoms with Gasteiger partial charge < -0.3 is 20.1 Å². The van der Waals surface area contributed by atoms with E-state index in [1.54, 1.807) is 0 Å². The van der Waals surface area contributed by atoms with Crippen molar-refractivity contribution in [1.82, 2.24) is 10.2 Å². The molecule has 0 saturated carbocycles. The average molecular weight is 216 g/mol. The summed E-state index contributed by atoms with van der Waals surface area (Å²) < 4.78 is 5.27. The Bertz CT molecular complexity index is 244. The fourth-order valence-corrected chi connectivity index (χ4v) is 1.34. The molecule has 86 valence electrons. The number of likely N-dealkylation sites (N-methyl/N-ethyl adjacent to an activating group) is 1. The van der Waals surface area contributed by atoms with Gasteiger partial charge in [-0.15, -0.1) is 0 Å². The number of ether oxygens (including phenoxy) is 1. The van der Waals surface area contributed by atoms with Gasteiger partial charge in [0.2, 0.25) is 5.91 Å². The number of aliphatic carboxylic acids is 1. The van der Waals surface area contributed by atoms with Crippen LogP contribution in [0, 0.1) is 0 Å². The summed E-state index contributed by atoms with van der Waals surface area (Å²) in [6, 6.07) is 0. The summed E-state index contributed by atoms with van der Waals surface area (Å²) >= 11 is 0. The lowest BCUT2D eigenvalue weighted by atomic mass is 10.2. The minimum atomic E-state index is -0.919. The molecule has 0 bridgehead atoms. The molecule has 0 aliphatic carbocycles. The Morgan fingerprint density at radius 2 is 2.33 bits per heavy atom. The van der Waals surface area contributed by atoms with Gasteiger partial charge in [0.25, 0.3) is 0 Å². The molecule has 1 rings (SSSR count). The molecule has 0 radical (unpaired) electrons. The highest BCUT2D eigenvalue weighted by Crippen LogP contribution is 2.02. The second-order valence-electron chi connectivity index (χ2n) is 3.56. The van der Waals surface area contributed by atoms with E-state index in [0.29, 0.717) is 13.2 Å². The maximum absolute atomic E-state index is 11.5. The normalized spacial score (nSPS) is 22.3. The van der Waals surface area contributed by atoms with Crippen molar-refractivity contribution in [2.24, 2.45) is 0 Å². The van der Waals surface area contributed by atoms with Gasteiger partial charge in [-0.05, 0) is 7.05 Å². The number of morpholine rings is 1. The van der Waals surface area contributed by atoms with Crippen molar-refractivity contribution in [2.75, 3.05) is 33.3 Å². The molecular formula is C9H16N2O4. The fraction of sp³-hybridized carbons (Fsp3) is 0.778. The standard InChI is InChI=1S/C9H16N2O4/c1-11-4-5-15-7(6-11)9(14)10-3-2-8(12)13/h7H,2-6H2,1H3,(H,10,14)(H,12,13)/t7-/m0/s1. The number of carbonyl (C=O) groups excluding carboxylic acids is 1. The highest BCUT2D eigenvalue weighted by Gasteiger charge is 2.24. The van der Waals surface area contributed by atoms with E-state index in [1.165, 1.54) is 0 Å². The van der Waals surface area contributed by atoms with Crippen molar-refractivity contribution >= 4 is 11.9 Å². The maximum atomic E-state index is 11.5. The van der Waals surface area contributed by atoms with Gasteiger partial charge in [-0.1, -0.05) is 0 Å². The summed E-state index contributed by atoms with van der Waals surface area (Å²) in [5.74, 6) is -1.15. The highest BCUT2D eigenvalue weighted by atomic mass is 16.5. The number of carboxylic acid groups (broad SMARTS) is 1. The number of nitrogens with one attached hydrogen (secondary N) is 1. The zero-order valence-corrected chi connectivity index (χ0v) is 8.73. The Labute approximate surface area is 88.2 Å². The molecule has 1 aliphatic rings. The van der Waals surface area contributed by atoms with E-state index >= 15 is 0 Å². The van der Waals surface area contributed by atoms with Crippen LogP contribution in [-0.4, -0.2) is 61.3 Å². The van der Waals surface area contributed by atoms with Gasteiger partial charge in [-0.3, -0.25) is 9.59 Å². The molecule has 6 heteroatoms. The topological polar surface area (TPSA) is 78.9 Å². The largest absolute Gasteiger partial charge is 0.481 e. The van der Waals surface area contributed by atoms with Crippen molar-refractivity contribution in [2.45, 2.75) is 12.5 Å². The smallest absolute Gasteiger partial charge is 0.305 e. The van der Waals surface area contributed by atoms with Crippen LogP contribution in [-0.2, 0) is 14.3 Å². The van der Waals surface area contributed by atoms with E-state index in [0.717, 1.165) is 6.54 Å². The number of nitrogens with zero attached hydrogens (tertiary/aromatic N) is 1. The van der Waals surface area contributed by atoms with E-state index in [4.69, 9.17) is 9.84 Å². The molecule has 2 N–H and O–H groups in total. The first kappa shape index (κ1) is 11.9. The Hall–Kier alpha value is -1.14. The van der Waals surface area contributed by atoms with Crippen molar-refractivity contribution in [3.05, 3.63) is 0 Å². The van der Waals surface area contributed by atoms with E-state index in [9.17, 15) is 9.59 Å². The molecule has 1 saturated heterocycles. The minimum Gasteiger partial charge on any atom is -0.481 e.